The summed E-state index contributed by atoms with van der Waals surface area (Å²) in [6.45, 7) is 3.78. The van der Waals surface area contributed by atoms with Crippen LogP contribution in [0, 0.1) is 0 Å². The van der Waals surface area contributed by atoms with E-state index < -0.39 is 0 Å². The summed E-state index contributed by atoms with van der Waals surface area (Å²) in [5, 5.41) is 15.4. The smallest absolute Gasteiger partial charge is 0.255 e. The molecular formula is C19H18N4O2. The van der Waals surface area contributed by atoms with Crippen molar-refractivity contribution in [2.24, 2.45) is 15.9 Å². The van der Waals surface area contributed by atoms with Crippen molar-refractivity contribution in [3.8, 4) is 5.75 Å². The van der Waals surface area contributed by atoms with E-state index in [1.165, 1.54) is 18.3 Å². The Morgan fingerprint density at radius 3 is 2.68 bits per heavy atom. The molecule has 1 amide bonds. The number of hydrazone groups is 1. The summed E-state index contributed by atoms with van der Waals surface area (Å²) >= 11 is 0. The van der Waals surface area contributed by atoms with Crippen LogP contribution in [0.4, 0.5) is 5.69 Å². The lowest BCUT2D eigenvalue weighted by Gasteiger charge is -2.06. The molecule has 0 aliphatic carbocycles. The number of hydrogen-bond acceptors (Lipinski definition) is 5. The number of allylic oxidation sites excluding steroid dienone is 2. The number of nitrogens with zero attached hydrogens (tertiary/aromatic N) is 2. The van der Waals surface area contributed by atoms with Crippen molar-refractivity contribution >= 4 is 24.0 Å². The van der Waals surface area contributed by atoms with Gasteiger partial charge in [0.1, 0.15) is 5.75 Å². The highest BCUT2D eigenvalue weighted by Crippen LogP contribution is 2.14. The maximum Gasteiger partial charge on any atom is 0.255 e. The Bertz CT molecular complexity index is 837. The largest absolute Gasteiger partial charge is 0.508 e. The summed E-state index contributed by atoms with van der Waals surface area (Å²) in [4.78, 5) is 16.4. The number of nitrogens with one attached hydrogen (secondary N) is 1. The zero-order valence-corrected chi connectivity index (χ0v) is 13.5. The number of carbonyl (C=O) groups excluding carboxylic acids is 1. The summed E-state index contributed by atoms with van der Waals surface area (Å²) in [5.41, 5.74) is 2.44. The Hall–Kier alpha value is -3.67. The van der Waals surface area contributed by atoms with Crippen LogP contribution >= 0.6 is 0 Å². The van der Waals surface area contributed by atoms with Gasteiger partial charge < -0.3 is 16.3 Å². The normalized spacial score (nSPS) is 11.4. The third-order valence-electron chi connectivity index (χ3n) is 3.11. The molecule has 4 N–H and O–H groups in total. The minimum absolute atomic E-state index is 0.113. The first kappa shape index (κ1) is 17.7. The SMILES string of the molecule is C=C(/C=C\C=N/N)N=Cc1cccc(NC(=O)c2ccc(O)cc2)c1. The van der Waals surface area contributed by atoms with Crippen LogP contribution in [0.15, 0.2) is 83.1 Å². The molecule has 126 valence electrons. The fourth-order valence-electron chi connectivity index (χ4n) is 1.92. The molecule has 25 heavy (non-hydrogen) atoms. The summed E-state index contributed by atoms with van der Waals surface area (Å²) in [6, 6.07) is 13.3. The first-order chi connectivity index (χ1) is 12.1. The highest BCUT2D eigenvalue weighted by Gasteiger charge is 2.06. The van der Waals surface area contributed by atoms with Gasteiger partial charge in [-0.3, -0.25) is 9.79 Å². The molecule has 0 radical (unpaired) electrons. The molecule has 2 aromatic carbocycles. The van der Waals surface area contributed by atoms with E-state index in [4.69, 9.17) is 5.84 Å². The summed E-state index contributed by atoms with van der Waals surface area (Å²) in [7, 11) is 0. The molecular weight excluding hydrogens is 316 g/mol. The molecule has 0 heterocycles. The number of rotatable bonds is 6. The van der Waals surface area contributed by atoms with Crippen molar-refractivity contribution in [3.05, 3.63) is 84.1 Å². The molecule has 0 spiro atoms. The van der Waals surface area contributed by atoms with E-state index in [9.17, 15) is 9.90 Å². The lowest BCUT2D eigenvalue weighted by molar-refractivity contribution is 0.102. The number of carbonyl (C=O) groups is 1. The Morgan fingerprint density at radius 2 is 1.96 bits per heavy atom. The molecule has 0 aliphatic heterocycles. The molecule has 0 unspecified atom stereocenters. The number of nitrogens with two attached hydrogens (primary N) is 1. The number of phenols is 1. The quantitative estimate of drug-likeness (QED) is 0.327. The Balaban J connectivity index is 2.04. The van der Waals surface area contributed by atoms with Crippen molar-refractivity contribution in [1.82, 2.24) is 0 Å². The van der Waals surface area contributed by atoms with E-state index in [0.29, 0.717) is 16.9 Å². The third-order valence-corrected chi connectivity index (χ3v) is 3.11. The second-order valence-electron chi connectivity index (χ2n) is 5.03. The highest BCUT2D eigenvalue weighted by molar-refractivity contribution is 6.04. The number of anilines is 1. The van der Waals surface area contributed by atoms with Gasteiger partial charge in [-0.25, -0.2) is 0 Å². The van der Waals surface area contributed by atoms with Crippen LogP contribution in [0.1, 0.15) is 15.9 Å². The van der Waals surface area contributed by atoms with Gasteiger partial charge in [0, 0.05) is 23.7 Å². The van der Waals surface area contributed by atoms with E-state index in [-0.39, 0.29) is 11.7 Å². The zero-order valence-electron chi connectivity index (χ0n) is 13.5. The van der Waals surface area contributed by atoms with Gasteiger partial charge >= 0.3 is 0 Å². The summed E-state index contributed by atoms with van der Waals surface area (Å²) in [6.07, 6.45) is 6.37. The van der Waals surface area contributed by atoms with Crippen LogP contribution in [0.3, 0.4) is 0 Å². The summed E-state index contributed by atoms with van der Waals surface area (Å²) in [5.74, 6) is 4.84. The van der Waals surface area contributed by atoms with E-state index in [0.717, 1.165) is 5.56 Å². The molecule has 2 rings (SSSR count). The number of aromatic hydroxyl groups is 1. The average Bonchev–Trinajstić information content (AvgIpc) is 2.61. The molecule has 0 aliphatic rings. The lowest BCUT2D eigenvalue weighted by atomic mass is 10.2. The van der Waals surface area contributed by atoms with E-state index in [2.05, 4.69) is 22.0 Å². The number of hydrogen-bond donors (Lipinski definition) is 3. The monoisotopic (exact) mass is 334 g/mol. The Kier molecular flexibility index (Phi) is 6.24. The standard InChI is InChI=1S/C19H18N4O2/c1-14(4-3-11-22-20)21-13-15-5-2-6-17(12-15)23-19(25)16-7-9-18(24)10-8-16/h2-13,24H,1,20H2,(H,23,25)/b4-3-,21-13?,22-11-. The van der Waals surface area contributed by atoms with Gasteiger partial charge in [0.25, 0.3) is 5.91 Å². The molecule has 0 atom stereocenters. The predicted molar refractivity (Wildman–Crippen MR) is 101 cm³/mol. The van der Waals surface area contributed by atoms with Gasteiger partial charge in [-0.2, -0.15) is 5.10 Å². The van der Waals surface area contributed by atoms with Crippen LogP contribution in [0.5, 0.6) is 5.75 Å². The van der Waals surface area contributed by atoms with Crippen molar-refractivity contribution < 1.29 is 9.90 Å². The van der Waals surface area contributed by atoms with Gasteiger partial charge in [0.05, 0.1) is 5.70 Å². The molecule has 6 nitrogen and oxygen atoms in total. The second kappa shape index (κ2) is 8.83. The van der Waals surface area contributed by atoms with Gasteiger partial charge in [-0.05, 0) is 54.1 Å². The fraction of sp³-hybridized carbons (Fsp3) is 0. The Labute approximate surface area is 145 Å². The van der Waals surface area contributed by atoms with Crippen LogP contribution < -0.4 is 11.2 Å². The lowest BCUT2D eigenvalue weighted by Crippen LogP contribution is -2.11. The van der Waals surface area contributed by atoms with Crippen LogP contribution in [-0.2, 0) is 0 Å². The number of aliphatic imine (C=N–C) groups is 1. The van der Waals surface area contributed by atoms with E-state index in [1.54, 1.807) is 42.6 Å². The van der Waals surface area contributed by atoms with Crippen molar-refractivity contribution in [2.45, 2.75) is 0 Å². The fourth-order valence-corrected chi connectivity index (χ4v) is 1.92. The van der Waals surface area contributed by atoms with E-state index >= 15 is 0 Å². The van der Waals surface area contributed by atoms with Gasteiger partial charge in [0.15, 0.2) is 0 Å². The van der Waals surface area contributed by atoms with E-state index in [1.807, 2.05) is 12.1 Å². The zero-order chi connectivity index (χ0) is 18.1. The molecule has 0 saturated carbocycles. The second-order valence-corrected chi connectivity index (χ2v) is 5.03. The van der Waals surface area contributed by atoms with Crippen LogP contribution in [0.2, 0.25) is 0 Å². The number of phenolic OH excluding ortho intramolecular Hbond substituents is 1. The predicted octanol–water partition coefficient (Wildman–Crippen LogP) is 3.08. The topological polar surface area (TPSA) is 100 Å². The van der Waals surface area contributed by atoms with Crippen molar-refractivity contribution in [1.29, 1.82) is 0 Å². The maximum absolute atomic E-state index is 12.2. The van der Waals surface area contributed by atoms with Crippen LogP contribution in [-0.4, -0.2) is 23.4 Å². The van der Waals surface area contributed by atoms with Gasteiger partial charge in [-0.1, -0.05) is 18.7 Å². The minimum Gasteiger partial charge on any atom is -0.508 e. The molecule has 0 aromatic heterocycles. The highest BCUT2D eigenvalue weighted by atomic mass is 16.3. The van der Waals surface area contributed by atoms with Crippen molar-refractivity contribution in [3.63, 3.8) is 0 Å². The van der Waals surface area contributed by atoms with Gasteiger partial charge in [-0.15, -0.1) is 0 Å². The maximum atomic E-state index is 12.2. The number of benzene rings is 2. The first-order valence-corrected chi connectivity index (χ1v) is 7.42. The van der Waals surface area contributed by atoms with Crippen LogP contribution in [0.25, 0.3) is 0 Å². The molecule has 0 saturated heterocycles. The molecule has 0 bridgehead atoms. The van der Waals surface area contributed by atoms with Crippen molar-refractivity contribution in [2.75, 3.05) is 5.32 Å². The summed E-state index contributed by atoms with van der Waals surface area (Å²) < 4.78 is 0. The first-order valence-electron chi connectivity index (χ1n) is 7.42. The molecule has 2 aromatic rings. The third kappa shape index (κ3) is 5.80. The molecule has 0 fully saturated rings. The Morgan fingerprint density at radius 1 is 1.20 bits per heavy atom. The average molecular weight is 334 g/mol. The molecule has 6 heteroatoms. The minimum atomic E-state index is -0.262. The number of amides is 1. The van der Waals surface area contributed by atoms with Gasteiger partial charge in [0.2, 0.25) is 0 Å².